The van der Waals surface area contributed by atoms with Crippen molar-refractivity contribution in [1.29, 1.82) is 0 Å². The molecule has 0 aliphatic rings. The number of hydrogen-bond acceptors (Lipinski definition) is 3. The number of aliphatic hydroxyl groups is 1. The van der Waals surface area contributed by atoms with Gasteiger partial charge in [0.05, 0.1) is 5.76 Å². The Morgan fingerprint density at radius 3 is 2.18 bits per heavy atom. The number of rotatable bonds is 2. The molecule has 38 heavy (non-hydrogen) atoms. The molecule has 0 unspecified atom stereocenters. The van der Waals surface area contributed by atoms with Gasteiger partial charge in [-0.25, -0.2) is 4.39 Å². The summed E-state index contributed by atoms with van der Waals surface area (Å²) in [5, 5.41) is 11.4. The summed E-state index contributed by atoms with van der Waals surface area (Å²) in [5.74, 6) is -0.364. The van der Waals surface area contributed by atoms with E-state index in [-0.39, 0.29) is 48.4 Å². The molecule has 1 N–H and O–H groups in total. The van der Waals surface area contributed by atoms with Gasteiger partial charge in [-0.15, -0.1) is 23.6 Å². The van der Waals surface area contributed by atoms with Crippen molar-refractivity contribution >= 4 is 38.1 Å². The first-order valence-electron chi connectivity index (χ1n) is 11.3. The normalized spacial score (nSPS) is 11.7. The molecule has 0 aliphatic heterocycles. The second-order valence-corrected chi connectivity index (χ2v) is 8.65. The number of aliphatic hydroxyl groups excluding tert-OH is 1. The van der Waals surface area contributed by atoms with E-state index in [0.717, 1.165) is 11.5 Å². The first kappa shape index (κ1) is 29.0. The molecule has 1 radical (unpaired) electrons. The number of fused-ring (bicyclic) bond motifs is 4. The zero-order chi connectivity index (χ0) is 26.9. The van der Waals surface area contributed by atoms with E-state index >= 15 is 0 Å². The maximum absolute atomic E-state index is 14.6. The van der Waals surface area contributed by atoms with Gasteiger partial charge >= 0.3 is 6.18 Å². The second kappa shape index (κ2) is 11.4. The molecule has 0 amide bonds. The summed E-state index contributed by atoms with van der Waals surface area (Å²) in [7, 11) is 0. The molecule has 5 rings (SSSR count). The Morgan fingerprint density at radius 2 is 1.55 bits per heavy atom. The average molecular weight is 697 g/mol. The van der Waals surface area contributed by atoms with Crippen molar-refractivity contribution in [2.24, 2.45) is 0 Å². The fourth-order valence-electron chi connectivity index (χ4n) is 4.24. The van der Waals surface area contributed by atoms with Crippen LogP contribution in [0.15, 0.2) is 78.7 Å². The average Bonchev–Trinajstić information content (AvgIpc) is 2.84. The molecule has 0 fully saturated rings. The number of ketones is 1. The van der Waals surface area contributed by atoms with Crippen LogP contribution in [0.4, 0.5) is 17.6 Å². The zero-order valence-electron chi connectivity index (χ0n) is 20.6. The molecular formula is C30H22F4IrNO2-. The summed E-state index contributed by atoms with van der Waals surface area (Å²) in [5.41, 5.74) is 0.437. The topological polar surface area (TPSA) is 50.2 Å². The molecule has 1 aromatic heterocycles. The quantitative estimate of drug-likeness (QED) is 0.0663. The monoisotopic (exact) mass is 697 g/mol. The van der Waals surface area contributed by atoms with Crippen LogP contribution in [0.2, 0.25) is 0 Å². The van der Waals surface area contributed by atoms with Gasteiger partial charge in [-0.1, -0.05) is 53.4 Å². The predicted molar refractivity (Wildman–Crippen MR) is 138 cm³/mol. The van der Waals surface area contributed by atoms with Crippen LogP contribution in [0.5, 0.6) is 0 Å². The molecule has 8 heteroatoms. The maximum atomic E-state index is 14.6. The number of nitrogens with zero attached hydrogens (tertiary/aromatic N) is 1. The van der Waals surface area contributed by atoms with Gasteiger partial charge in [-0.05, 0) is 54.1 Å². The number of benzene rings is 4. The Bertz CT molecular complexity index is 1690. The van der Waals surface area contributed by atoms with E-state index in [9.17, 15) is 22.4 Å². The number of pyridine rings is 1. The molecular weight excluding hydrogens is 675 g/mol. The van der Waals surface area contributed by atoms with Crippen molar-refractivity contribution in [3.63, 3.8) is 0 Å². The minimum Gasteiger partial charge on any atom is -0.512 e. The number of carbonyl (C=O) groups excluding carboxylic acids is 1. The fraction of sp³-hybridized carbons (Fsp3) is 0.133. The summed E-state index contributed by atoms with van der Waals surface area (Å²) in [6.45, 7) is 4.54. The van der Waals surface area contributed by atoms with Crippen molar-refractivity contribution in [2.45, 2.75) is 26.9 Å². The Morgan fingerprint density at radius 1 is 0.921 bits per heavy atom. The largest absolute Gasteiger partial charge is 0.512 e. The smallest absolute Gasteiger partial charge is 0.403 e. The van der Waals surface area contributed by atoms with E-state index in [1.807, 2.05) is 6.07 Å². The molecule has 4 aromatic carbocycles. The Kier molecular flexibility index (Phi) is 8.70. The Hall–Kier alpha value is -3.61. The molecule has 3 nitrogen and oxygen atoms in total. The van der Waals surface area contributed by atoms with E-state index < -0.39 is 11.7 Å². The fourth-order valence-corrected chi connectivity index (χ4v) is 4.24. The SMILES string of the molecule is CC(=O)/C=C(/C)O.Cc1ccc2c(ccc3c(-c4[c-]c5ccccc5c(C(F)(F)F)c4)nccc32)c1F.[Ir]. The van der Waals surface area contributed by atoms with Crippen LogP contribution in [-0.2, 0) is 31.1 Å². The number of aromatic nitrogens is 1. The summed E-state index contributed by atoms with van der Waals surface area (Å²) in [6, 6.07) is 19.1. The van der Waals surface area contributed by atoms with Gasteiger partial charge in [-0.3, -0.25) is 9.78 Å². The molecule has 0 aliphatic carbocycles. The van der Waals surface area contributed by atoms with Gasteiger partial charge in [0, 0.05) is 43.5 Å². The third-order valence-corrected chi connectivity index (χ3v) is 5.82. The second-order valence-electron chi connectivity index (χ2n) is 8.65. The van der Waals surface area contributed by atoms with E-state index in [2.05, 4.69) is 11.1 Å². The van der Waals surface area contributed by atoms with Gasteiger partial charge in [0.15, 0.2) is 5.78 Å². The number of alkyl halides is 3. The number of halogens is 4. The number of aryl methyl sites for hydroxylation is 1. The van der Waals surface area contributed by atoms with Crippen molar-refractivity contribution < 1.29 is 47.6 Å². The number of hydrogen-bond donors (Lipinski definition) is 1. The third kappa shape index (κ3) is 5.93. The van der Waals surface area contributed by atoms with Crippen LogP contribution in [-0.4, -0.2) is 15.9 Å². The number of allylic oxidation sites excluding steroid dienone is 2. The zero-order valence-corrected chi connectivity index (χ0v) is 23.0. The molecule has 0 saturated heterocycles. The molecule has 0 atom stereocenters. The van der Waals surface area contributed by atoms with Crippen LogP contribution in [0.1, 0.15) is 25.0 Å². The van der Waals surface area contributed by atoms with E-state index in [0.29, 0.717) is 32.8 Å². The van der Waals surface area contributed by atoms with Crippen molar-refractivity contribution in [3.05, 3.63) is 102 Å². The summed E-state index contributed by atoms with van der Waals surface area (Å²) < 4.78 is 55.8. The molecule has 1 heterocycles. The molecule has 0 saturated carbocycles. The van der Waals surface area contributed by atoms with E-state index in [1.54, 1.807) is 49.4 Å². The van der Waals surface area contributed by atoms with Gasteiger partial charge in [0.25, 0.3) is 0 Å². The van der Waals surface area contributed by atoms with Crippen LogP contribution in [0, 0.1) is 18.8 Å². The molecule has 0 bridgehead atoms. The van der Waals surface area contributed by atoms with Crippen molar-refractivity contribution in [3.8, 4) is 11.3 Å². The molecule has 5 aromatic rings. The van der Waals surface area contributed by atoms with Crippen molar-refractivity contribution in [1.82, 2.24) is 4.98 Å². The summed E-state index contributed by atoms with van der Waals surface area (Å²) >= 11 is 0. The Balaban J connectivity index is 0.000000444. The first-order chi connectivity index (χ1) is 17.5. The molecule has 0 spiro atoms. The van der Waals surface area contributed by atoms with Crippen LogP contribution < -0.4 is 0 Å². The summed E-state index contributed by atoms with van der Waals surface area (Å²) in [4.78, 5) is 14.4. The van der Waals surface area contributed by atoms with Crippen LogP contribution in [0.3, 0.4) is 0 Å². The standard InChI is InChI=1S/C25H14F4N.C5H8O2.Ir/c1-14-6-7-18-19-10-11-30-24(21(19)9-8-20(18)23(14)26)16-12-15-4-2-3-5-17(15)22(13-16)25(27,28)29;1-4(6)3-5(2)7;/h2-11,13H,1H3;3,6H,1-2H3;/q-1;;/b;4-3-;. The minimum atomic E-state index is -4.51. The van der Waals surface area contributed by atoms with Gasteiger partial charge in [0.2, 0.25) is 0 Å². The van der Waals surface area contributed by atoms with Gasteiger partial charge in [-0.2, -0.15) is 13.2 Å². The first-order valence-corrected chi connectivity index (χ1v) is 11.3. The maximum Gasteiger partial charge on any atom is 0.403 e. The predicted octanol–water partition coefficient (Wildman–Crippen LogP) is 8.51. The van der Waals surface area contributed by atoms with Gasteiger partial charge < -0.3 is 5.11 Å². The summed E-state index contributed by atoms with van der Waals surface area (Å²) in [6.07, 6.45) is -1.81. The minimum absolute atomic E-state index is 0. The third-order valence-electron chi connectivity index (χ3n) is 5.82. The van der Waals surface area contributed by atoms with E-state index in [1.165, 1.54) is 32.2 Å². The van der Waals surface area contributed by atoms with Crippen molar-refractivity contribution in [2.75, 3.05) is 0 Å². The van der Waals surface area contributed by atoms with Crippen LogP contribution in [0.25, 0.3) is 43.6 Å². The Labute approximate surface area is 230 Å². The van der Waals surface area contributed by atoms with Crippen LogP contribution >= 0.6 is 0 Å². The van der Waals surface area contributed by atoms with E-state index in [4.69, 9.17) is 5.11 Å². The molecule has 197 valence electrons. The van der Waals surface area contributed by atoms with Gasteiger partial charge in [0.1, 0.15) is 5.82 Å². The number of carbonyl (C=O) groups is 1.